The van der Waals surface area contributed by atoms with Gasteiger partial charge in [0.25, 0.3) is 0 Å². The van der Waals surface area contributed by atoms with E-state index in [9.17, 15) is 4.79 Å². The van der Waals surface area contributed by atoms with Crippen LogP contribution in [0.5, 0.6) is 0 Å². The maximum absolute atomic E-state index is 13.0. The van der Waals surface area contributed by atoms with Crippen molar-refractivity contribution in [2.24, 2.45) is 0 Å². The fraction of sp³-hybridized carbons (Fsp3) is 0.435. The molecule has 4 bridgehead atoms. The smallest absolute Gasteiger partial charge is 0.338 e. The second-order valence-electron chi connectivity index (χ2n) is 8.52. The molecule has 0 radical (unpaired) electrons. The van der Waals surface area contributed by atoms with Crippen LogP contribution >= 0.6 is 0 Å². The van der Waals surface area contributed by atoms with Gasteiger partial charge in [-0.2, -0.15) is 0 Å². The summed E-state index contributed by atoms with van der Waals surface area (Å²) in [4.78, 5) is 15.3. The SMILES string of the molecule is CN(C)C12CC3CC1(OC(=O)c1ccccc1)CC(C2)c1ccccc13. The van der Waals surface area contributed by atoms with Gasteiger partial charge >= 0.3 is 5.97 Å². The molecule has 2 unspecified atom stereocenters. The normalized spacial score (nSPS) is 34.0. The Labute approximate surface area is 155 Å². The largest absolute Gasteiger partial charge is 0.453 e. The number of benzene rings is 2. The van der Waals surface area contributed by atoms with E-state index in [0.717, 1.165) is 25.7 Å². The summed E-state index contributed by atoms with van der Waals surface area (Å²) < 4.78 is 6.41. The first kappa shape index (κ1) is 16.1. The molecule has 134 valence electrons. The number of rotatable bonds is 3. The highest BCUT2D eigenvalue weighted by atomic mass is 16.6. The lowest BCUT2D eigenvalue weighted by atomic mass is 9.84. The summed E-state index contributed by atoms with van der Waals surface area (Å²) in [5.74, 6) is 0.776. The zero-order valence-electron chi connectivity index (χ0n) is 15.4. The Morgan fingerprint density at radius 2 is 1.42 bits per heavy atom. The van der Waals surface area contributed by atoms with Gasteiger partial charge in [0, 0.05) is 0 Å². The number of ether oxygens (including phenoxy) is 1. The third kappa shape index (κ3) is 2.01. The van der Waals surface area contributed by atoms with Crippen molar-refractivity contribution in [1.82, 2.24) is 4.90 Å². The molecule has 0 aromatic heterocycles. The monoisotopic (exact) mass is 347 g/mol. The van der Waals surface area contributed by atoms with E-state index in [0.29, 0.717) is 17.4 Å². The van der Waals surface area contributed by atoms with Crippen molar-refractivity contribution < 1.29 is 9.53 Å². The third-order valence-electron chi connectivity index (χ3n) is 7.20. The number of nitrogens with zero attached hydrogens (tertiary/aromatic N) is 1. The number of hydrogen-bond acceptors (Lipinski definition) is 3. The van der Waals surface area contributed by atoms with Crippen molar-refractivity contribution in [2.45, 2.75) is 48.7 Å². The van der Waals surface area contributed by atoms with E-state index < -0.39 is 5.60 Å². The average molecular weight is 347 g/mol. The van der Waals surface area contributed by atoms with Crippen LogP contribution in [-0.4, -0.2) is 36.1 Å². The number of carbonyl (C=O) groups excluding carboxylic acids is 1. The van der Waals surface area contributed by atoms with Crippen LogP contribution in [-0.2, 0) is 4.74 Å². The van der Waals surface area contributed by atoms with E-state index >= 15 is 0 Å². The van der Waals surface area contributed by atoms with Gasteiger partial charge < -0.3 is 4.74 Å². The summed E-state index contributed by atoms with van der Waals surface area (Å²) in [6, 6.07) is 18.3. The van der Waals surface area contributed by atoms with E-state index in [1.807, 2.05) is 30.3 Å². The zero-order valence-corrected chi connectivity index (χ0v) is 15.4. The molecule has 6 rings (SSSR count). The molecule has 3 heteroatoms. The zero-order chi connectivity index (χ0) is 17.9. The Bertz CT molecular complexity index is 823. The molecule has 4 aliphatic carbocycles. The second kappa shape index (κ2) is 5.43. The fourth-order valence-corrected chi connectivity index (χ4v) is 6.13. The molecule has 2 aromatic carbocycles. The lowest BCUT2D eigenvalue weighted by Crippen LogP contribution is -2.57. The second-order valence-corrected chi connectivity index (χ2v) is 8.52. The number of esters is 1. The molecule has 26 heavy (non-hydrogen) atoms. The Kier molecular flexibility index (Phi) is 3.36. The van der Waals surface area contributed by atoms with Crippen LogP contribution in [0.3, 0.4) is 0 Å². The van der Waals surface area contributed by atoms with Crippen molar-refractivity contribution in [3.63, 3.8) is 0 Å². The third-order valence-corrected chi connectivity index (χ3v) is 7.20. The van der Waals surface area contributed by atoms with Crippen molar-refractivity contribution >= 4 is 5.97 Å². The summed E-state index contributed by atoms with van der Waals surface area (Å²) in [6.45, 7) is 0. The Balaban J connectivity index is 1.58. The molecule has 0 heterocycles. The first-order chi connectivity index (χ1) is 12.5. The van der Waals surface area contributed by atoms with Gasteiger partial charge in [-0.15, -0.1) is 0 Å². The van der Waals surface area contributed by atoms with E-state index in [4.69, 9.17) is 4.74 Å². The van der Waals surface area contributed by atoms with E-state index in [1.54, 1.807) is 0 Å². The molecule has 0 spiro atoms. The van der Waals surface area contributed by atoms with Crippen LogP contribution in [0, 0.1) is 0 Å². The lowest BCUT2D eigenvalue weighted by molar-refractivity contribution is -0.0746. The quantitative estimate of drug-likeness (QED) is 0.773. The predicted octanol–water partition coefficient (Wildman–Crippen LogP) is 4.35. The highest BCUT2D eigenvalue weighted by Crippen LogP contribution is 2.67. The summed E-state index contributed by atoms with van der Waals surface area (Å²) in [6.07, 6.45) is 4.04. The minimum absolute atomic E-state index is 0.0637. The number of likely N-dealkylation sites (N-methyl/N-ethyl adjacent to an activating group) is 1. The maximum Gasteiger partial charge on any atom is 0.338 e. The molecule has 2 atom stereocenters. The average Bonchev–Trinajstić information content (AvgIpc) is 3.02. The van der Waals surface area contributed by atoms with Gasteiger partial charge in [-0.25, -0.2) is 4.79 Å². The molecular weight excluding hydrogens is 322 g/mol. The maximum atomic E-state index is 13.0. The van der Waals surface area contributed by atoms with Gasteiger partial charge in [-0.3, -0.25) is 4.90 Å². The van der Waals surface area contributed by atoms with Crippen molar-refractivity contribution in [2.75, 3.05) is 14.1 Å². The van der Waals surface area contributed by atoms with Crippen LogP contribution in [0.4, 0.5) is 0 Å². The minimum Gasteiger partial charge on any atom is -0.453 e. The van der Waals surface area contributed by atoms with Gasteiger partial charge in [-0.1, -0.05) is 42.5 Å². The Hall–Kier alpha value is -2.13. The molecule has 0 aliphatic heterocycles. The van der Waals surface area contributed by atoms with Crippen LogP contribution < -0.4 is 0 Å². The summed E-state index contributed by atoms with van der Waals surface area (Å²) in [5, 5.41) is 0. The number of carbonyl (C=O) groups is 1. The standard InChI is InChI=1S/C23H25NO2/c1-24(2)22-12-17-14-23(22,26-21(25)16-8-4-3-5-9-16)15-18(13-22)20-11-7-6-10-19(17)20/h3-11,17-18H,12-15H2,1-2H3. The summed E-state index contributed by atoms with van der Waals surface area (Å²) >= 11 is 0. The molecule has 3 nitrogen and oxygen atoms in total. The molecular formula is C23H25NO2. The topological polar surface area (TPSA) is 29.5 Å². The molecule has 2 aromatic rings. The lowest BCUT2D eigenvalue weighted by Gasteiger charge is -2.44. The highest BCUT2D eigenvalue weighted by Gasteiger charge is 2.69. The van der Waals surface area contributed by atoms with Crippen LogP contribution in [0.1, 0.15) is 59.0 Å². The first-order valence-corrected chi connectivity index (χ1v) is 9.59. The molecule has 0 amide bonds. The highest BCUT2D eigenvalue weighted by molar-refractivity contribution is 5.89. The fourth-order valence-electron chi connectivity index (χ4n) is 6.13. The van der Waals surface area contributed by atoms with Gasteiger partial charge in [0.1, 0.15) is 5.60 Å². The Morgan fingerprint density at radius 1 is 0.885 bits per heavy atom. The molecule has 2 saturated carbocycles. The van der Waals surface area contributed by atoms with Gasteiger partial charge in [0.2, 0.25) is 0 Å². The van der Waals surface area contributed by atoms with Gasteiger partial charge in [-0.05, 0) is 74.9 Å². The Morgan fingerprint density at radius 3 is 1.96 bits per heavy atom. The van der Waals surface area contributed by atoms with E-state index in [1.165, 1.54) is 11.1 Å². The van der Waals surface area contributed by atoms with Crippen molar-refractivity contribution in [1.29, 1.82) is 0 Å². The van der Waals surface area contributed by atoms with Crippen LogP contribution in [0.25, 0.3) is 0 Å². The van der Waals surface area contributed by atoms with Crippen molar-refractivity contribution in [3.05, 3.63) is 71.3 Å². The number of hydrogen-bond donors (Lipinski definition) is 0. The summed E-state index contributed by atoms with van der Waals surface area (Å²) in [5.41, 5.74) is 3.16. The predicted molar refractivity (Wildman–Crippen MR) is 101 cm³/mol. The molecule has 0 saturated heterocycles. The molecule has 0 N–H and O–H groups in total. The molecule has 2 fully saturated rings. The summed E-state index contributed by atoms with van der Waals surface area (Å²) in [7, 11) is 4.32. The molecule has 4 aliphatic rings. The van der Waals surface area contributed by atoms with Crippen LogP contribution in [0.2, 0.25) is 0 Å². The van der Waals surface area contributed by atoms with Gasteiger partial charge in [0.05, 0.1) is 11.1 Å². The minimum atomic E-state index is -0.391. The van der Waals surface area contributed by atoms with Crippen molar-refractivity contribution in [3.8, 4) is 0 Å². The van der Waals surface area contributed by atoms with Crippen LogP contribution in [0.15, 0.2) is 54.6 Å². The van der Waals surface area contributed by atoms with E-state index in [-0.39, 0.29) is 11.5 Å². The van der Waals surface area contributed by atoms with Gasteiger partial charge in [0.15, 0.2) is 0 Å². The first-order valence-electron chi connectivity index (χ1n) is 9.59. The van der Waals surface area contributed by atoms with E-state index in [2.05, 4.69) is 43.3 Å².